The van der Waals surface area contributed by atoms with Crippen LogP contribution < -0.4 is 0 Å². The Hall–Kier alpha value is -1.38. The van der Waals surface area contributed by atoms with Crippen molar-refractivity contribution in [3.05, 3.63) is 35.4 Å². The lowest BCUT2D eigenvalue weighted by molar-refractivity contribution is -0.409. The molecule has 1 atom stereocenters. The quantitative estimate of drug-likeness (QED) is 0.651. The van der Waals surface area contributed by atoms with Crippen molar-refractivity contribution >= 4 is 0 Å². The molecule has 0 saturated heterocycles. The molecule has 0 bridgehead atoms. The molecule has 0 spiro atoms. The highest BCUT2D eigenvalue weighted by molar-refractivity contribution is 5.35. The first-order chi connectivity index (χ1) is 11.0. The molecule has 0 aliphatic carbocycles. The second kappa shape index (κ2) is 6.41. The summed E-state index contributed by atoms with van der Waals surface area (Å²) in [6.07, 6.45) is -11.8. The molecule has 25 heavy (non-hydrogen) atoms. The smallest absolute Gasteiger partial charge is 0.371 e. The summed E-state index contributed by atoms with van der Waals surface area (Å²) in [5, 5.41) is 9.61. The summed E-state index contributed by atoms with van der Waals surface area (Å²) < 4.78 is 105. The number of rotatable bonds is 5. The van der Waals surface area contributed by atoms with Gasteiger partial charge in [-0.05, 0) is 23.0 Å². The van der Waals surface area contributed by atoms with Gasteiger partial charge in [0.05, 0.1) is 0 Å². The third-order valence-electron chi connectivity index (χ3n) is 4.16. The van der Waals surface area contributed by atoms with Gasteiger partial charge in [-0.2, -0.15) is 35.1 Å². The topological polar surface area (TPSA) is 20.2 Å². The van der Waals surface area contributed by atoms with Crippen LogP contribution >= 0.6 is 0 Å². The molecular weight excluding hydrogens is 360 g/mol. The standard InChI is InChI=1S/C16H18F8O/c1-4-8-12(2,3)10-6-5-7-11(9-10)13(25,15(19,20)21)14(17,18)16(22,23)24/h5-7,9,25H,4,8H2,1-3H3. The van der Waals surface area contributed by atoms with E-state index in [1.54, 1.807) is 20.8 Å². The fourth-order valence-electron chi connectivity index (χ4n) is 2.66. The third-order valence-corrected chi connectivity index (χ3v) is 4.16. The fourth-order valence-corrected chi connectivity index (χ4v) is 2.66. The van der Waals surface area contributed by atoms with Crippen LogP contribution in [0.4, 0.5) is 35.1 Å². The Morgan fingerprint density at radius 1 is 0.840 bits per heavy atom. The largest absolute Gasteiger partial charge is 0.457 e. The first-order valence-corrected chi connectivity index (χ1v) is 7.37. The number of hydrogen-bond acceptors (Lipinski definition) is 1. The summed E-state index contributed by atoms with van der Waals surface area (Å²) in [6.45, 7) is 5.02. The number of alkyl halides is 8. The van der Waals surface area contributed by atoms with Gasteiger partial charge < -0.3 is 5.11 Å². The number of benzene rings is 1. The highest BCUT2D eigenvalue weighted by Crippen LogP contribution is 2.55. The van der Waals surface area contributed by atoms with Gasteiger partial charge in [0.1, 0.15) is 0 Å². The summed E-state index contributed by atoms with van der Waals surface area (Å²) >= 11 is 0. The molecule has 9 heteroatoms. The minimum absolute atomic E-state index is 0.118. The van der Waals surface area contributed by atoms with Crippen molar-refractivity contribution in [1.82, 2.24) is 0 Å². The van der Waals surface area contributed by atoms with Crippen LogP contribution in [0.5, 0.6) is 0 Å². The molecule has 0 aromatic heterocycles. The Bertz CT molecular complexity index is 603. The van der Waals surface area contributed by atoms with Gasteiger partial charge in [-0.15, -0.1) is 0 Å². The Morgan fingerprint density at radius 3 is 1.72 bits per heavy atom. The van der Waals surface area contributed by atoms with Crippen LogP contribution in [0.1, 0.15) is 44.7 Å². The van der Waals surface area contributed by atoms with E-state index in [4.69, 9.17) is 0 Å². The first kappa shape index (κ1) is 21.7. The van der Waals surface area contributed by atoms with Gasteiger partial charge in [-0.3, -0.25) is 0 Å². The van der Waals surface area contributed by atoms with Gasteiger partial charge in [-0.25, -0.2) is 0 Å². The lowest BCUT2D eigenvalue weighted by Gasteiger charge is -2.38. The Labute approximate surface area is 139 Å². The summed E-state index contributed by atoms with van der Waals surface area (Å²) in [5.41, 5.74) is -7.60. The average Bonchev–Trinajstić information content (AvgIpc) is 2.44. The molecule has 0 saturated carbocycles. The second-order valence-electron chi connectivity index (χ2n) is 6.50. The van der Waals surface area contributed by atoms with Crippen molar-refractivity contribution in [1.29, 1.82) is 0 Å². The van der Waals surface area contributed by atoms with E-state index in [0.717, 1.165) is 6.07 Å². The maximum atomic E-state index is 13.6. The summed E-state index contributed by atoms with van der Waals surface area (Å²) in [6, 6.07) is 3.22. The van der Waals surface area contributed by atoms with E-state index in [2.05, 4.69) is 0 Å². The zero-order valence-electron chi connectivity index (χ0n) is 13.7. The number of halogens is 8. The van der Waals surface area contributed by atoms with Crippen molar-refractivity contribution in [3.63, 3.8) is 0 Å². The Kier molecular flexibility index (Phi) is 5.55. The molecule has 1 aromatic rings. The van der Waals surface area contributed by atoms with Crippen LogP contribution in [-0.2, 0) is 11.0 Å². The van der Waals surface area contributed by atoms with E-state index < -0.39 is 34.9 Å². The van der Waals surface area contributed by atoms with Gasteiger partial charge in [0.2, 0.25) is 0 Å². The molecule has 0 aliphatic heterocycles. The molecular formula is C16H18F8O. The van der Waals surface area contributed by atoms with Gasteiger partial charge in [0.15, 0.2) is 0 Å². The molecule has 1 nitrogen and oxygen atoms in total. The van der Waals surface area contributed by atoms with E-state index in [1.165, 1.54) is 6.07 Å². The molecule has 144 valence electrons. The van der Waals surface area contributed by atoms with Crippen LogP contribution in [-0.4, -0.2) is 23.4 Å². The van der Waals surface area contributed by atoms with E-state index in [1.807, 2.05) is 0 Å². The van der Waals surface area contributed by atoms with Crippen LogP contribution in [0.25, 0.3) is 0 Å². The predicted octanol–water partition coefficient (Wildman–Crippen LogP) is 5.71. The molecule has 1 N–H and O–H groups in total. The van der Waals surface area contributed by atoms with E-state index >= 15 is 0 Å². The monoisotopic (exact) mass is 378 g/mol. The minimum Gasteiger partial charge on any atom is -0.371 e. The van der Waals surface area contributed by atoms with E-state index in [9.17, 15) is 40.2 Å². The van der Waals surface area contributed by atoms with Gasteiger partial charge in [-0.1, -0.05) is 51.5 Å². The molecule has 1 aromatic carbocycles. The Morgan fingerprint density at radius 2 is 1.32 bits per heavy atom. The molecule has 0 amide bonds. The summed E-state index contributed by atoms with van der Waals surface area (Å²) in [4.78, 5) is 0. The van der Waals surface area contributed by atoms with Crippen LogP contribution in [0.3, 0.4) is 0 Å². The lowest BCUT2D eigenvalue weighted by atomic mass is 9.77. The average molecular weight is 378 g/mol. The first-order valence-electron chi connectivity index (χ1n) is 7.37. The molecule has 0 aliphatic rings. The maximum absolute atomic E-state index is 13.6. The zero-order valence-corrected chi connectivity index (χ0v) is 13.7. The molecule has 0 heterocycles. The van der Waals surface area contributed by atoms with E-state index in [0.29, 0.717) is 25.0 Å². The zero-order chi connectivity index (χ0) is 19.9. The highest BCUT2D eigenvalue weighted by atomic mass is 19.4. The van der Waals surface area contributed by atoms with Gasteiger partial charge in [0, 0.05) is 0 Å². The van der Waals surface area contributed by atoms with Crippen LogP contribution in [0, 0.1) is 0 Å². The van der Waals surface area contributed by atoms with E-state index in [-0.39, 0.29) is 5.56 Å². The van der Waals surface area contributed by atoms with Crippen molar-refractivity contribution in [2.75, 3.05) is 0 Å². The maximum Gasteiger partial charge on any atom is 0.457 e. The normalized spacial score (nSPS) is 16.6. The van der Waals surface area contributed by atoms with Crippen molar-refractivity contribution in [3.8, 4) is 0 Å². The number of aliphatic hydroxyl groups is 1. The van der Waals surface area contributed by atoms with Gasteiger partial charge >= 0.3 is 18.3 Å². The highest BCUT2D eigenvalue weighted by Gasteiger charge is 2.80. The Balaban J connectivity index is 3.66. The summed E-state index contributed by atoms with van der Waals surface area (Å²) in [7, 11) is 0. The SMILES string of the molecule is CCCC(C)(C)c1cccc(C(O)(C(F)(F)F)C(F)(F)C(F)(F)F)c1. The van der Waals surface area contributed by atoms with Crippen molar-refractivity contribution in [2.45, 2.75) is 62.9 Å². The molecule has 1 unspecified atom stereocenters. The molecule has 0 radical (unpaired) electrons. The lowest BCUT2D eigenvalue weighted by Crippen LogP contribution is -2.62. The van der Waals surface area contributed by atoms with Gasteiger partial charge in [0.25, 0.3) is 5.60 Å². The van der Waals surface area contributed by atoms with Crippen LogP contribution in [0.2, 0.25) is 0 Å². The summed E-state index contributed by atoms with van der Waals surface area (Å²) in [5.74, 6) is -6.42. The third kappa shape index (κ3) is 3.61. The predicted molar refractivity (Wildman–Crippen MR) is 75.3 cm³/mol. The second-order valence-corrected chi connectivity index (χ2v) is 6.50. The van der Waals surface area contributed by atoms with Crippen molar-refractivity contribution in [2.24, 2.45) is 0 Å². The minimum atomic E-state index is -6.59. The molecule has 1 rings (SSSR count). The van der Waals surface area contributed by atoms with Crippen molar-refractivity contribution < 1.29 is 40.2 Å². The van der Waals surface area contributed by atoms with Crippen LogP contribution in [0.15, 0.2) is 24.3 Å². The number of hydrogen-bond donors (Lipinski definition) is 1. The molecule has 0 fully saturated rings. The fraction of sp³-hybridized carbons (Fsp3) is 0.625.